The van der Waals surface area contributed by atoms with E-state index in [1.807, 2.05) is 55.5 Å². The molecule has 0 atom stereocenters. The average molecular weight is 664 g/mol. The van der Waals surface area contributed by atoms with Crippen molar-refractivity contribution in [2.45, 2.75) is 33.4 Å². The molecule has 0 N–H and O–H groups in total. The first-order valence-corrected chi connectivity index (χ1v) is 16.9. The van der Waals surface area contributed by atoms with Crippen molar-refractivity contribution in [3.63, 3.8) is 0 Å². The van der Waals surface area contributed by atoms with Gasteiger partial charge in [0.15, 0.2) is 0 Å². The van der Waals surface area contributed by atoms with Crippen molar-refractivity contribution in [1.29, 1.82) is 0 Å². The van der Waals surface area contributed by atoms with Crippen LogP contribution in [0.1, 0.15) is 41.0 Å². The van der Waals surface area contributed by atoms with E-state index < -0.39 is 21.8 Å². The van der Waals surface area contributed by atoms with Crippen molar-refractivity contribution in [2.24, 2.45) is 0 Å². The number of anilines is 2. The maximum absolute atomic E-state index is 13.9. The monoisotopic (exact) mass is 663 g/mol. The molecule has 12 heteroatoms. The Morgan fingerprint density at radius 1 is 0.955 bits per heavy atom. The van der Waals surface area contributed by atoms with E-state index in [4.69, 9.17) is 9.47 Å². The van der Waals surface area contributed by atoms with Crippen molar-refractivity contribution < 1.29 is 23.9 Å². The van der Waals surface area contributed by atoms with Crippen molar-refractivity contribution in [2.75, 3.05) is 69.9 Å². The van der Waals surface area contributed by atoms with Crippen LogP contribution in [0, 0.1) is 0 Å². The predicted molar refractivity (Wildman–Crippen MR) is 170 cm³/mol. The van der Waals surface area contributed by atoms with Crippen LogP contribution in [-0.4, -0.2) is 112 Å². The molecule has 3 aromatic rings. The molecule has 2 amide bonds. The topological polar surface area (TPSA) is 100 Å². The van der Waals surface area contributed by atoms with Gasteiger partial charge in [-0.2, -0.15) is 0 Å². The Balaban J connectivity index is 1.36. The normalized spacial score (nSPS) is 15.2. The number of likely N-dealkylation sites (N-methyl/N-ethyl adjacent to an activating group) is 1. The Kier molecular flexibility index (Phi) is 10.4. The Hall–Kier alpha value is -3.66. The van der Waals surface area contributed by atoms with Crippen molar-refractivity contribution in [1.82, 2.24) is 19.6 Å². The number of fused-ring (bicyclic) bond motifs is 1. The molecule has 0 spiro atoms. The van der Waals surface area contributed by atoms with Crippen molar-refractivity contribution >= 4 is 48.3 Å². The molecule has 0 unspecified atom stereocenters. The number of methoxy groups -OCH3 is 1. The van der Waals surface area contributed by atoms with Gasteiger partial charge in [0.05, 0.1) is 0 Å². The summed E-state index contributed by atoms with van der Waals surface area (Å²) in [5.41, 5.74) is 5.03. The van der Waals surface area contributed by atoms with Crippen LogP contribution in [0.2, 0.25) is 0 Å². The van der Waals surface area contributed by atoms with E-state index in [2.05, 4.69) is 28.9 Å². The Labute approximate surface area is 265 Å². The number of hydrogen-bond donors (Lipinski definition) is 0. The minimum absolute atomic E-state index is 0.0109. The fourth-order valence-corrected chi connectivity index (χ4v) is 7.54. The molecule has 0 saturated carbocycles. The second-order valence-corrected chi connectivity index (χ2v) is 13.1. The quantitative estimate of drug-likeness (QED) is 0.241. The molecule has 0 aliphatic carbocycles. The van der Waals surface area contributed by atoms with Crippen LogP contribution in [0.5, 0.6) is 0 Å². The zero-order valence-corrected chi connectivity index (χ0v) is 27.7. The van der Waals surface area contributed by atoms with Crippen LogP contribution in [0.25, 0.3) is 0 Å². The van der Waals surface area contributed by atoms with Gasteiger partial charge in [0, 0.05) is 0 Å². The second kappa shape index (κ2) is 14.4. The number of para-hydroxylation sites is 1. The van der Waals surface area contributed by atoms with Gasteiger partial charge in [-0.1, -0.05) is 0 Å². The molecule has 11 nitrogen and oxygen atoms in total. The molecule has 233 valence electrons. The number of amides is 2. The molecule has 1 radical (unpaired) electrons. The summed E-state index contributed by atoms with van der Waals surface area (Å²) in [7, 11) is 3.66. The molecule has 2 aromatic carbocycles. The van der Waals surface area contributed by atoms with E-state index in [1.54, 1.807) is 9.80 Å². The first kappa shape index (κ1) is 31.8. The van der Waals surface area contributed by atoms with E-state index in [9.17, 15) is 14.4 Å². The number of piperazine rings is 1. The van der Waals surface area contributed by atoms with Gasteiger partial charge < -0.3 is 0 Å². The number of carbonyl (C=O) groups excluding carboxylic acids is 3. The van der Waals surface area contributed by atoms with E-state index in [-0.39, 0.29) is 36.9 Å². The zero-order chi connectivity index (χ0) is 31.2. The van der Waals surface area contributed by atoms with Crippen LogP contribution in [0.15, 0.2) is 48.5 Å². The number of aryl methyl sites for hydroxylation is 1. The summed E-state index contributed by atoms with van der Waals surface area (Å²) in [5, 5.41) is 4.58. The van der Waals surface area contributed by atoms with Crippen molar-refractivity contribution in [3.05, 3.63) is 70.9 Å². The number of benzene rings is 2. The summed E-state index contributed by atoms with van der Waals surface area (Å²) in [4.78, 5) is 48.5. The standard InChI is InChI=1S/C32H40AsN6O5/c1-5-23-9-7-8-10-27(23)38(6-2)31(41)37-21-26-28(22-37)39(32(42)44-20-19-43-4)34-29(26)33-30(40)24-11-13-25(14-12-24)36-17-15-35(3)16-18-36/h7-14H,5-6,15-22H2,1-4H3. The fraction of sp³-hybridized carbons (Fsp3) is 0.438. The zero-order valence-electron chi connectivity index (χ0n) is 25.9. The van der Waals surface area contributed by atoms with Crippen LogP contribution >= 0.6 is 0 Å². The fourth-order valence-electron chi connectivity index (χ4n) is 5.57. The third-order valence-electron chi connectivity index (χ3n) is 8.12. The number of carbonyl (C=O) groups is 3. The second-order valence-electron chi connectivity index (χ2n) is 10.9. The molecule has 1 fully saturated rings. The first-order chi connectivity index (χ1) is 21.3. The number of urea groups is 1. The summed E-state index contributed by atoms with van der Waals surface area (Å²) < 4.78 is 12.2. The molecule has 2 aliphatic rings. The summed E-state index contributed by atoms with van der Waals surface area (Å²) in [5.74, 6) is 0. The molecule has 1 saturated heterocycles. The van der Waals surface area contributed by atoms with E-state index in [1.165, 1.54) is 11.8 Å². The molecular weight excluding hydrogens is 623 g/mol. The van der Waals surface area contributed by atoms with Gasteiger partial charge in [0.1, 0.15) is 0 Å². The van der Waals surface area contributed by atoms with Gasteiger partial charge in [-0.15, -0.1) is 0 Å². The van der Waals surface area contributed by atoms with E-state index >= 15 is 0 Å². The van der Waals surface area contributed by atoms with Gasteiger partial charge in [0.25, 0.3) is 0 Å². The number of rotatable bonds is 10. The van der Waals surface area contributed by atoms with Crippen LogP contribution in [-0.2, 0) is 29.0 Å². The third-order valence-corrected chi connectivity index (χ3v) is 10.3. The van der Waals surface area contributed by atoms with Gasteiger partial charge in [0.2, 0.25) is 0 Å². The Morgan fingerprint density at radius 3 is 2.36 bits per heavy atom. The predicted octanol–water partition coefficient (Wildman–Crippen LogP) is 2.96. The maximum atomic E-state index is 13.9. The van der Waals surface area contributed by atoms with Crippen LogP contribution < -0.4 is 14.3 Å². The molecular formula is C32H40AsN6O5. The summed E-state index contributed by atoms with van der Waals surface area (Å²) in [6.07, 6.45) is 0.155. The molecule has 2 aliphatic heterocycles. The van der Waals surface area contributed by atoms with Gasteiger partial charge >= 0.3 is 266 Å². The third kappa shape index (κ3) is 6.85. The number of ether oxygens (including phenoxy) is 2. The Morgan fingerprint density at radius 2 is 1.68 bits per heavy atom. The van der Waals surface area contributed by atoms with E-state index in [0.717, 1.165) is 55.1 Å². The summed E-state index contributed by atoms with van der Waals surface area (Å²) in [6, 6.07) is 15.5. The molecule has 1 aromatic heterocycles. The van der Waals surface area contributed by atoms with Crippen LogP contribution in [0.4, 0.5) is 21.0 Å². The number of aromatic nitrogens is 2. The van der Waals surface area contributed by atoms with Gasteiger partial charge in [-0.25, -0.2) is 0 Å². The first-order valence-electron chi connectivity index (χ1n) is 15.0. The average Bonchev–Trinajstić information content (AvgIpc) is 3.62. The van der Waals surface area contributed by atoms with Gasteiger partial charge in [-0.3, -0.25) is 0 Å². The minimum atomic E-state index is -1.07. The SMILES string of the molecule is CCc1ccccc1N(CC)C(=O)N1Cc2c([As]C(=O)c3ccc(N4CCN(C)CC4)cc3)nn(C(=O)OCCOC)c2C1. The molecule has 44 heavy (non-hydrogen) atoms. The number of nitrogens with zero attached hydrogens (tertiary/aromatic N) is 6. The van der Waals surface area contributed by atoms with Gasteiger partial charge in [-0.05, 0) is 0 Å². The summed E-state index contributed by atoms with van der Waals surface area (Å²) >= 11 is -1.07. The molecule has 5 rings (SSSR count). The number of hydrogen-bond acceptors (Lipinski definition) is 8. The molecule has 3 heterocycles. The van der Waals surface area contributed by atoms with Crippen LogP contribution in [0.3, 0.4) is 0 Å². The molecule has 0 bridgehead atoms. The summed E-state index contributed by atoms with van der Waals surface area (Å²) in [6.45, 7) is 9.23. The Bertz CT molecular complexity index is 1480. The van der Waals surface area contributed by atoms with Crippen molar-refractivity contribution in [3.8, 4) is 0 Å². The van der Waals surface area contributed by atoms with E-state index in [0.29, 0.717) is 22.3 Å².